The van der Waals surface area contributed by atoms with Crippen molar-refractivity contribution in [2.24, 2.45) is 0 Å². The van der Waals surface area contributed by atoms with Gasteiger partial charge in [0.1, 0.15) is 17.9 Å². The van der Waals surface area contributed by atoms with Gasteiger partial charge in [0, 0.05) is 20.7 Å². The Balaban J connectivity index is 2.83. The number of hydrogen-bond donors (Lipinski definition) is 3. The average molecular weight is 569 g/mol. The molecule has 11 nitrogen and oxygen atoms in total. The van der Waals surface area contributed by atoms with Crippen LogP contribution in [0.1, 0.15) is 39.7 Å². The molecular weight excluding hydrogens is 529 g/mol. The predicted molar refractivity (Wildman–Crippen MR) is 137 cm³/mol. The maximum atomic E-state index is 13.7. The fourth-order valence-corrected chi connectivity index (χ4v) is 3.78. The second-order valence-corrected chi connectivity index (χ2v) is 16.7. The predicted octanol–water partition coefficient (Wildman–Crippen LogP) is 3.76. The lowest BCUT2D eigenvalue weighted by atomic mass is 10.2. The number of carboxylic acid groups (broad SMARTS) is 1. The number of alkyl carbamates (subject to hydrolysis) is 1. The fraction of sp³-hybridized carbons (Fsp3) is 0.739. The Kier molecular flexibility index (Phi) is 12.2. The second kappa shape index (κ2) is 13.9. The van der Waals surface area contributed by atoms with E-state index in [4.69, 9.17) is 19.3 Å². The zero-order chi connectivity index (χ0) is 29.3. The Hall–Kier alpha value is -2.65. The van der Waals surface area contributed by atoms with Crippen molar-refractivity contribution >= 4 is 25.8 Å². The number of carboxylic acids is 1. The Morgan fingerprint density at radius 2 is 1.79 bits per heavy atom. The van der Waals surface area contributed by atoms with Crippen molar-refractivity contribution in [1.29, 1.82) is 0 Å². The molecule has 0 aromatic carbocycles. The Morgan fingerprint density at radius 3 is 2.32 bits per heavy atom. The first-order valence-electron chi connectivity index (χ1n) is 12.1. The van der Waals surface area contributed by atoms with E-state index in [-0.39, 0.29) is 13.2 Å². The van der Waals surface area contributed by atoms with E-state index in [0.717, 1.165) is 12.2 Å². The molecule has 0 saturated heterocycles. The second-order valence-electron chi connectivity index (χ2n) is 11.1. The van der Waals surface area contributed by atoms with Crippen LogP contribution in [0.15, 0.2) is 11.0 Å². The quantitative estimate of drug-likeness (QED) is 0.226. The highest BCUT2D eigenvalue weighted by Crippen LogP contribution is 2.32. The van der Waals surface area contributed by atoms with Gasteiger partial charge in [0.15, 0.2) is 0 Å². The standard InChI is InChI=1S/C23H39F3N4O7Si/c1-15(12-36-13-16(10-18(31)32)29-21(34)37-22(2,3)4)28-17-11-27-30(14-35-8-9-38(5,6)7)20(33)19(17)23(24,25)26/h11,15-16,28H,8-10,12-14H2,1-7H3,(H,29,34)(H,31,32). The molecule has 2 unspecified atom stereocenters. The number of aliphatic carboxylic acids is 1. The third-order valence-electron chi connectivity index (χ3n) is 4.77. The monoisotopic (exact) mass is 568 g/mol. The number of alkyl halides is 3. The summed E-state index contributed by atoms with van der Waals surface area (Å²) < 4.78 is 57.8. The summed E-state index contributed by atoms with van der Waals surface area (Å²) >= 11 is 0. The third-order valence-corrected chi connectivity index (χ3v) is 6.47. The molecule has 218 valence electrons. The molecule has 1 amide bonds. The minimum atomic E-state index is -4.95. The summed E-state index contributed by atoms with van der Waals surface area (Å²) in [4.78, 5) is 35.6. The minimum Gasteiger partial charge on any atom is -0.481 e. The van der Waals surface area contributed by atoms with Crippen molar-refractivity contribution in [3.63, 3.8) is 0 Å². The van der Waals surface area contributed by atoms with Crippen molar-refractivity contribution in [3.05, 3.63) is 22.1 Å². The number of rotatable bonds is 14. The van der Waals surface area contributed by atoms with Crippen LogP contribution in [0.25, 0.3) is 0 Å². The van der Waals surface area contributed by atoms with Gasteiger partial charge in [-0.1, -0.05) is 19.6 Å². The molecule has 38 heavy (non-hydrogen) atoms. The fourth-order valence-electron chi connectivity index (χ4n) is 3.02. The number of ether oxygens (including phenoxy) is 3. The van der Waals surface area contributed by atoms with Gasteiger partial charge in [-0.2, -0.15) is 18.3 Å². The third kappa shape index (κ3) is 13.2. The minimum absolute atomic E-state index is 0.160. The summed E-state index contributed by atoms with van der Waals surface area (Å²) in [6.07, 6.45) is -5.33. The van der Waals surface area contributed by atoms with Gasteiger partial charge in [-0.25, -0.2) is 9.48 Å². The van der Waals surface area contributed by atoms with Gasteiger partial charge >= 0.3 is 18.2 Å². The zero-order valence-corrected chi connectivity index (χ0v) is 23.9. The van der Waals surface area contributed by atoms with Gasteiger partial charge in [-0.3, -0.25) is 9.59 Å². The summed E-state index contributed by atoms with van der Waals surface area (Å²) in [5, 5.41) is 17.9. The summed E-state index contributed by atoms with van der Waals surface area (Å²) in [5.74, 6) is -1.19. The van der Waals surface area contributed by atoms with Crippen LogP contribution in [0.5, 0.6) is 0 Å². The molecule has 1 rings (SSSR count). The number of halogens is 3. The van der Waals surface area contributed by atoms with Gasteiger partial charge in [-0.15, -0.1) is 0 Å². The molecule has 0 aliphatic heterocycles. The van der Waals surface area contributed by atoms with Gasteiger partial charge in [-0.05, 0) is 33.7 Å². The largest absolute Gasteiger partial charge is 0.481 e. The molecule has 1 heterocycles. The first-order chi connectivity index (χ1) is 17.3. The summed E-state index contributed by atoms with van der Waals surface area (Å²) in [6.45, 7) is 12.3. The Morgan fingerprint density at radius 1 is 1.16 bits per heavy atom. The first-order valence-corrected chi connectivity index (χ1v) is 15.8. The number of carbonyl (C=O) groups excluding carboxylic acids is 1. The average Bonchev–Trinajstić information content (AvgIpc) is 2.68. The highest BCUT2D eigenvalue weighted by molar-refractivity contribution is 6.76. The van der Waals surface area contributed by atoms with E-state index in [9.17, 15) is 27.6 Å². The van der Waals surface area contributed by atoms with E-state index in [1.807, 2.05) is 0 Å². The van der Waals surface area contributed by atoms with Gasteiger partial charge in [0.05, 0.1) is 37.6 Å². The van der Waals surface area contributed by atoms with Gasteiger partial charge in [0.25, 0.3) is 5.56 Å². The summed E-state index contributed by atoms with van der Waals surface area (Å²) in [5.41, 5.74) is -4.07. The normalized spacial score (nSPS) is 14.1. The lowest BCUT2D eigenvalue weighted by Gasteiger charge is -2.24. The van der Waals surface area contributed by atoms with Crippen LogP contribution in [0.2, 0.25) is 25.7 Å². The van der Waals surface area contributed by atoms with E-state index in [0.29, 0.717) is 11.3 Å². The molecule has 2 atom stereocenters. The number of hydrogen-bond acceptors (Lipinski definition) is 8. The molecule has 0 aliphatic rings. The number of amides is 1. The summed E-state index contributed by atoms with van der Waals surface area (Å²) in [7, 11) is -1.41. The molecule has 3 N–H and O–H groups in total. The van der Waals surface area contributed by atoms with Gasteiger partial charge < -0.3 is 30.0 Å². The van der Waals surface area contributed by atoms with Crippen molar-refractivity contribution < 1.29 is 42.1 Å². The number of nitrogens with one attached hydrogen (secondary N) is 2. The molecule has 0 aliphatic carbocycles. The van der Waals surface area contributed by atoms with Crippen molar-refractivity contribution in [1.82, 2.24) is 15.1 Å². The van der Waals surface area contributed by atoms with Crippen molar-refractivity contribution in [2.45, 2.75) is 90.4 Å². The lowest BCUT2D eigenvalue weighted by molar-refractivity contribution is -0.139. The van der Waals surface area contributed by atoms with Crippen LogP contribution in [0, 0.1) is 0 Å². The number of carbonyl (C=O) groups is 2. The first kappa shape index (κ1) is 33.4. The van der Waals surface area contributed by atoms with Crippen molar-refractivity contribution in [3.8, 4) is 0 Å². The van der Waals surface area contributed by atoms with E-state index in [2.05, 4.69) is 35.4 Å². The van der Waals surface area contributed by atoms with Crippen LogP contribution in [0.4, 0.5) is 23.7 Å². The van der Waals surface area contributed by atoms with Crippen LogP contribution < -0.4 is 16.2 Å². The number of aromatic nitrogens is 2. The lowest BCUT2D eigenvalue weighted by Crippen LogP contribution is -2.43. The highest BCUT2D eigenvalue weighted by atomic mass is 28.3. The zero-order valence-electron chi connectivity index (χ0n) is 22.9. The molecule has 15 heteroatoms. The van der Waals surface area contributed by atoms with E-state index >= 15 is 0 Å². The van der Waals surface area contributed by atoms with Crippen LogP contribution in [-0.4, -0.2) is 72.5 Å². The molecule has 0 saturated carbocycles. The SMILES string of the molecule is CC(COCC(CC(=O)O)NC(=O)OC(C)(C)C)Nc1cnn(COCC[Si](C)(C)C)c(=O)c1C(F)(F)F. The van der Waals surface area contributed by atoms with E-state index in [1.165, 1.54) is 6.92 Å². The molecule has 0 fully saturated rings. The molecule has 0 radical (unpaired) electrons. The molecule has 1 aromatic rings. The maximum Gasteiger partial charge on any atom is 0.423 e. The van der Waals surface area contributed by atoms with E-state index < -0.39 is 74.0 Å². The topological polar surface area (TPSA) is 141 Å². The number of anilines is 1. The van der Waals surface area contributed by atoms with Crippen LogP contribution >= 0.6 is 0 Å². The maximum absolute atomic E-state index is 13.7. The van der Waals surface area contributed by atoms with Crippen LogP contribution in [0.3, 0.4) is 0 Å². The van der Waals surface area contributed by atoms with Crippen molar-refractivity contribution in [2.75, 3.05) is 25.1 Å². The van der Waals surface area contributed by atoms with Crippen LogP contribution in [-0.2, 0) is 31.9 Å². The Labute approximate surface area is 221 Å². The van der Waals surface area contributed by atoms with E-state index in [1.54, 1.807) is 20.8 Å². The molecule has 0 bridgehead atoms. The Bertz CT molecular complexity index is 991. The van der Waals surface area contributed by atoms with Gasteiger partial charge in [0.2, 0.25) is 0 Å². The number of nitrogens with zero attached hydrogens (tertiary/aromatic N) is 2. The molecule has 0 spiro atoms. The molecular formula is C23H39F3N4O7Si. The summed E-state index contributed by atoms with van der Waals surface area (Å²) in [6, 6.07) is -0.883. The highest BCUT2D eigenvalue weighted by Gasteiger charge is 2.38. The molecule has 1 aromatic heterocycles. The smallest absolute Gasteiger partial charge is 0.423 e.